The highest BCUT2D eigenvalue weighted by Gasteiger charge is 2.24. The summed E-state index contributed by atoms with van der Waals surface area (Å²) in [6.45, 7) is 6.44. The van der Waals surface area contributed by atoms with E-state index >= 15 is 0 Å². The number of ether oxygens (including phenoxy) is 2. The van der Waals surface area contributed by atoms with Crippen LogP contribution in [0.2, 0.25) is 0 Å². The number of aliphatic hydroxyl groups excluding tert-OH is 1. The van der Waals surface area contributed by atoms with Crippen molar-refractivity contribution in [2.45, 2.75) is 38.7 Å². The molecule has 4 N–H and O–H groups in total. The van der Waals surface area contributed by atoms with Crippen LogP contribution in [0.1, 0.15) is 31.3 Å². The van der Waals surface area contributed by atoms with E-state index in [-0.39, 0.29) is 23.8 Å². The van der Waals surface area contributed by atoms with Crippen LogP contribution in [0.25, 0.3) is 33.5 Å². The van der Waals surface area contributed by atoms with Gasteiger partial charge in [-0.3, -0.25) is 14.7 Å². The Balaban J connectivity index is 0.000000335. The summed E-state index contributed by atoms with van der Waals surface area (Å²) in [6.07, 6.45) is 5.10. The molecular formula is C32H36N6O8S. The van der Waals surface area contributed by atoms with Crippen LogP contribution in [-0.4, -0.2) is 88.3 Å². The van der Waals surface area contributed by atoms with Crippen molar-refractivity contribution in [2.75, 3.05) is 31.2 Å². The predicted molar refractivity (Wildman–Crippen MR) is 174 cm³/mol. The molecule has 0 bridgehead atoms. The summed E-state index contributed by atoms with van der Waals surface area (Å²) >= 11 is 0. The monoisotopic (exact) mass is 664 g/mol. The molecule has 1 aliphatic heterocycles. The maximum Gasteiger partial charge on any atom is 0.337 e. The fourth-order valence-electron chi connectivity index (χ4n) is 5.36. The van der Waals surface area contributed by atoms with E-state index < -0.39 is 22.1 Å². The molecule has 1 fully saturated rings. The summed E-state index contributed by atoms with van der Waals surface area (Å²) in [4.78, 5) is 21.4. The first-order valence-corrected chi connectivity index (χ1v) is 16.6. The molecule has 3 atom stereocenters. The van der Waals surface area contributed by atoms with E-state index in [4.69, 9.17) is 24.1 Å². The summed E-state index contributed by atoms with van der Waals surface area (Å²) in [5, 5.41) is 25.4. The SMILES string of the molecule is COc1ncc(-c2cc(-c3ncc(CN4C[C@@H](C)O[C@@H](C)C4)o3)c3cn[nH]c3c2)cc1NS(C)(=O)=O.O=C(O)[C@H](O)c1ccccc1. The Bertz CT molecular complexity index is 1940. The zero-order valence-corrected chi connectivity index (χ0v) is 27.1. The third-order valence-electron chi connectivity index (χ3n) is 7.24. The molecule has 0 aliphatic carbocycles. The van der Waals surface area contributed by atoms with Gasteiger partial charge in [-0.05, 0) is 43.2 Å². The van der Waals surface area contributed by atoms with Crippen LogP contribution in [-0.2, 0) is 26.1 Å². The molecule has 248 valence electrons. The van der Waals surface area contributed by atoms with Crippen LogP contribution in [0.3, 0.4) is 0 Å². The molecule has 4 heterocycles. The average Bonchev–Trinajstić information content (AvgIpc) is 3.69. The normalized spacial score (nSPS) is 17.5. The third kappa shape index (κ3) is 8.51. The number of hydrogen-bond acceptors (Lipinski definition) is 11. The van der Waals surface area contributed by atoms with Crippen LogP contribution in [0.4, 0.5) is 5.69 Å². The van der Waals surface area contributed by atoms with Gasteiger partial charge in [-0.25, -0.2) is 23.2 Å². The van der Waals surface area contributed by atoms with Gasteiger partial charge in [-0.2, -0.15) is 5.10 Å². The largest absolute Gasteiger partial charge is 0.480 e. The zero-order chi connectivity index (χ0) is 33.7. The second-order valence-electron chi connectivity index (χ2n) is 11.2. The first kappa shape index (κ1) is 33.5. The van der Waals surface area contributed by atoms with E-state index in [1.807, 2.05) is 12.1 Å². The number of carbonyl (C=O) groups is 1. The molecule has 0 saturated carbocycles. The number of aromatic nitrogens is 4. The van der Waals surface area contributed by atoms with E-state index in [1.54, 1.807) is 55.0 Å². The van der Waals surface area contributed by atoms with Gasteiger partial charge in [0.2, 0.25) is 21.8 Å². The number of sulfonamides is 1. The van der Waals surface area contributed by atoms with Crippen LogP contribution < -0.4 is 9.46 Å². The number of nitrogens with zero attached hydrogens (tertiary/aromatic N) is 4. The minimum atomic E-state index is -3.53. The van der Waals surface area contributed by atoms with Crippen molar-refractivity contribution in [1.82, 2.24) is 25.1 Å². The van der Waals surface area contributed by atoms with Crippen molar-refractivity contribution in [3.8, 4) is 28.5 Å². The Hall–Kier alpha value is -4.83. The van der Waals surface area contributed by atoms with Gasteiger partial charge in [0.1, 0.15) is 11.4 Å². The topological polar surface area (TPSA) is 193 Å². The van der Waals surface area contributed by atoms with Crippen molar-refractivity contribution in [2.24, 2.45) is 0 Å². The number of anilines is 1. The van der Waals surface area contributed by atoms with E-state index in [1.165, 1.54) is 7.11 Å². The molecule has 15 heteroatoms. The van der Waals surface area contributed by atoms with Crippen LogP contribution in [0.5, 0.6) is 5.88 Å². The number of morpholine rings is 1. The minimum Gasteiger partial charge on any atom is -0.480 e. The van der Waals surface area contributed by atoms with Crippen molar-refractivity contribution < 1.29 is 37.3 Å². The highest BCUT2D eigenvalue weighted by molar-refractivity contribution is 7.92. The number of H-pyrrole nitrogens is 1. The lowest BCUT2D eigenvalue weighted by molar-refractivity contribution is -0.146. The molecule has 2 aromatic carbocycles. The fraction of sp³-hybridized carbons (Fsp3) is 0.312. The van der Waals surface area contributed by atoms with Crippen LogP contribution >= 0.6 is 0 Å². The molecule has 0 amide bonds. The van der Waals surface area contributed by atoms with E-state index in [2.05, 4.69) is 43.6 Å². The fourth-order valence-corrected chi connectivity index (χ4v) is 5.90. The van der Waals surface area contributed by atoms with Gasteiger partial charge in [0.05, 0.1) is 50.0 Å². The standard InChI is InChI=1S/C24H28N6O5S.C8H8O3/c1-14-11-30(12-15(2)34-14)13-18-9-26-23(35-18)19-5-16(6-21-20(19)10-27-28-21)17-7-22(29-36(4,31)32)24(33-3)25-8-17;9-7(8(10)11)6-4-2-1-3-5-6/h5-10,14-15,29H,11-13H2,1-4H3,(H,27,28);1-5,7,9H,(H,10,11)/t14-,15+;7-/m.1/s1. The molecule has 0 radical (unpaired) electrons. The Kier molecular flexibility index (Phi) is 10.2. The number of aromatic amines is 1. The third-order valence-corrected chi connectivity index (χ3v) is 7.83. The smallest absolute Gasteiger partial charge is 0.337 e. The number of oxazole rings is 1. The Morgan fingerprint density at radius 2 is 1.81 bits per heavy atom. The molecule has 1 saturated heterocycles. The Labute approximate surface area is 271 Å². The Morgan fingerprint density at radius 1 is 1.09 bits per heavy atom. The average molecular weight is 665 g/mol. The van der Waals surface area contributed by atoms with Crippen molar-refractivity contribution in [1.29, 1.82) is 0 Å². The maximum atomic E-state index is 11.8. The van der Waals surface area contributed by atoms with E-state index in [9.17, 15) is 13.2 Å². The maximum absolute atomic E-state index is 11.8. The molecule has 0 spiro atoms. The predicted octanol–water partition coefficient (Wildman–Crippen LogP) is 4.07. The Morgan fingerprint density at radius 3 is 2.47 bits per heavy atom. The number of fused-ring (bicyclic) bond motifs is 1. The molecule has 47 heavy (non-hydrogen) atoms. The van der Waals surface area contributed by atoms with E-state index in [0.29, 0.717) is 23.6 Å². The number of pyridine rings is 1. The number of nitrogens with one attached hydrogen (secondary N) is 2. The molecule has 14 nitrogen and oxygen atoms in total. The van der Waals surface area contributed by atoms with E-state index in [0.717, 1.165) is 47.1 Å². The molecule has 3 aromatic heterocycles. The quantitative estimate of drug-likeness (QED) is 0.177. The van der Waals surface area contributed by atoms with Gasteiger partial charge in [-0.1, -0.05) is 30.3 Å². The number of methoxy groups -OCH3 is 1. The van der Waals surface area contributed by atoms with Gasteiger partial charge in [-0.15, -0.1) is 0 Å². The van der Waals surface area contributed by atoms with Crippen LogP contribution in [0.15, 0.2) is 71.5 Å². The van der Waals surface area contributed by atoms with Gasteiger partial charge in [0.25, 0.3) is 0 Å². The lowest BCUT2D eigenvalue weighted by Gasteiger charge is -2.34. The summed E-state index contributed by atoms with van der Waals surface area (Å²) in [6, 6.07) is 13.8. The number of aliphatic carboxylic acids is 1. The first-order valence-electron chi connectivity index (χ1n) is 14.7. The number of rotatable bonds is 9. The molecule has 0 unspecified atom stereocenters. The molecule has 1 aliphatic rings. The summed E-state index contributed by atoms with van der Waals surface area (Å²) in [5.41, 5.74) is 3.66. The highest BCUT2D eigenvalue weighted by Crippen LogP contribution is 2.35. The summed E-state index contributed by atoms with van der Waals surface area (Å²) < 4.78 is 43.4. The number of carboxylic acids is 1. The molecule has 5 aromatic rings. The minimum absolute atomic E-state index is 0.165. The highest BCUT2D eigenvalue weighted by atomic mass is 32.2. The summed E-state index contributed by atoms with van der Waals surface area (Å²) in [7, 11) is -2.09. The van der Waals surface area contributed by atoms with Gasteiger partial charge < -0.3 is 24.1 Å². The first-order chi connectivity index (χ1) is 22.4. The van der Waals surface area contributed by atoms with Crippen molar-refractivity contribution >= 4 is 32.6 Å². The number of carboxylic acid groups (broad SMARTS) is 1. The van der Waals surface area contributed by atoms with Gasteiger partial charge >= 0.3 is 5.97 Å². The van der Waals surface area contributed by atoms with Gasteiger partial charge in [0, 0.05) is 35.8 Å². The van der Waals surface area contributed by atoms with Gasteiger partial charge in [0.15, 0.2) is 6.10 Å². The molecule has 6 rings (SSSR count). The second kappa shape index (κ2) is 14.3. The number of benzene rings is 2. The summed E-state index contributed by atoms with van der Waals surface area (Å²) in [5.74, 6) is 0.190. The lowest BCUT2D eigenvalue weighted by atomic mass is 10.0. The van der Waals surface area contributed by atoms with Crippen molar-refractivity contribution in [3.05, 3.63) is 78.4 Å². The zero-order valence-electron chi connectivity index (χ0n) is 26.2. The lowest BCUT2D eigenvalue weighted by Crippen LogP contribution is -2.44. The number of hydrogen-bond donors (Lipinski definition) is 4. The number of aliphatic hydroxyl groups is 1. The van der Waals surface area contributed by atoms with Crippen LogP contribution in [0, 0.1) is 0 Å². The van der Waals surface area contributed by atoms with Crippen molar-refractivity contribution in [3.63, 3.8) is 0 Å². The second-order valence-corrected chi connectivity index (χ2v) is 13.0. The molecular weight excluding hydrogens is 628 g/mol.